The van der Waals surface area contributed by atoms with E-state index >= 15 is 0 Å². The number of nitrogens with zero attached hydrogens (tertiary/aromatic N) is 1. The van der Waals surface area contributed by atoms with E-state index in [1.54, 1.807) is 17.8 Å². The normalized spacial score (nSPS) is 18.6. The van der Waals surface area contributed by atoms with Gasteiger partial charge in [0.15, 0.2) is 0 Å². The van der Waals surface area contributed by atoms with Gasteiger partial charge in [-0.3, -0.25) is 14.9 Å². The van der Waals surface area contributed by atoms with Crippen LogP contribution in [0.25, 0.3) is 0 Å². The summed E-state index contributed by atoms with van der Waals surface area (Å²) < 4.78 is 0.723. The average molecular weight is 378 g/mol. The van der Waals surface area contributed by atoms with Gasteiger partial charge in [0.05, 0.1) is 10.5 Å². The lowest BCUT2D eigenvalue weighted by Gasteiger charge is -2.12. The topological polar surface area (TPSA) is 72.2 Å². The predicted octanol–water partition coefficient (Wildman–Crippen LogP) is 2.43. The molecule has 1 atom stereocenters. The Morgan fingerprint density at radius 2 is 2.33 bits per heavy atom. The van der Waals surface area contributed by atoms with Gasteiger partial charge in [0, 0.05) is 27.5 Å². The van der Waals surface area contributed by atoms with Crippen molar-refractivity contribution in [2.75, 3.05) is 11.5 Å². The van der Waals surface area contributed by atoms with Gasteiger partial charge in [-0.15, -0.1) is 0 Å². The number of benzene rings is 1. The van der Waals surface area contributed by atoms with Gasteiger partial charge in [0.1, 0.15) is 0 Å². The number of rotatable bonds is 3. The number of carbonyl (C=O) groups excluding carboxylic acids is 1. The van der Waals surface area contributed by atoms with Crippen molar-refractivity contribution in [1.29, 1.82) is 0 Å². The van der Waals surface area contributed by atoms with Gasteiger partial charge in [-0.25, -0.2) is 0 Å². The zero-order valence-corrected chi connectivity index (χ0v) is 12.4. The van der Waals surface area contributed by atoms with Gasteiger partial charge in [0.25, 0.3) is 11.6 Å². The van der Waals surface area contributed by atoms with Crippen molar-refractivity contribution in [3.63, 3.8) is 0 Å². The molecule has 1 aliphatic rings. The number of thioether (sulfide) groups is 1. The highest BCUT2D eigenvalue weighted by atomic mass is 127. The molecule has 1 aliphatic heterocycles. The van der Waals surface area contributed by atoms with Crippen molar-refractivity contribution in [3.8, 4) is 0 Å². The Morgan fingerprint density at radius 3 is 2.94 bits per heavy atom. The molecule has 1 aromatic rings. The highest BCUT2D eigenvalue weighted by Crippen LogP contribution is 2.21. The Labute approximate surface area is 122 Å². The number of nitro benzene ring substituents is 1. The van der Waals surface area contributed by atoms with Crippen LogP contribution in [0.2, 0.25) is 0 Å². The summed E-state index contributed by atoms with van der Waals surface area (Å²) in [4.78, 5) is 22.3. The number of non-ortho nitro benzene ring substituents is 1. The van der Waals surface area contributed by atoms with E-state index in [2.05, 4.69) is 5.32 Å². The second-order valence-electron chi connectivity index (χ2n) is 3.96. The van der Waals surface area contributed by atoms with Gasteiger partial charge in [-0.2, -0.15) is 11.8 Å². The van der Waals surface area contributed by atoms with Crippen molar-refractivity contribution in [1.82, 2.24) is 5.32 Å². The molecule has 1 unspecified atom stereocenters. The maximum absolute atomic E-state index is 12.0. The zero-order chi connectivity index (χ0) is 13.1. The summed E-state index contributed by atoms with van der Waals surface area (Å²) in [6, 6.07) is 4.51. The highest BCUT2D eigenvalue weighted by Gasteiger charge is 2.21. The molecule has 1 heterocycles. The molecule has 0 aliphatic carbocycles. The first kappa shape index (κ1) is 13.6. The van der Waals surface area contributed by atoms with Crippen molar-refractivity contribution < 1.29 is 9.72 Å². The molecule has 1 aromatic carbocycles. The molecule has 1 amide bonds. The second kappa shape index (κ2) is 5.87. The van der Waals surface area contributed by atoms with Crippen LogP contribution in [0.4, 0.5) is 5.69 Å². The van der Waals surface area contributed by atoms with Crippen molar-refractivity contribution in [2.24, 2.45) is 0 Å². The van der Waals surface area contributed by atoms with E-state index in [1.807, 2.05) is 22.6 Å². The van der Waals surface area contributed by atoms with Gasteiger partial charge < -0.3 is 5.32 Å². The fourth-order valence-corrected chi connectivity index (χ4v) is 3.45. The minimum Gasteiger partial charge on any atom is -0.348 e. The van der Waals surface area contributed by atoms with E-state index in [0.717, 1.165) is 21.5 Å². The van der Waals surface area contributed by atoms with Crippen LogP contribution < -0.4 is 5.32 Å². The highest BCUT2D eigenvalue weighted by molar-refractivity contribution is 14.1. The number of amides is 1. The molecule has 5 nitrogen and oxygen atoms in total. The molecule has 1 fully saturated rings. The predicted molar refractivity (Wildman–Crippen MR) is 79.0 cm³/mol. The van der Waals surface area contributed by atoms with E-state index in [1.165, 1.54) is 12.1 Å². The molecule has 18 heavy (non-hydrogen) atoms. The number of nitrogens with one attached hydrogen (secondary N) is 1. The Balaban J connectivity index is 2.17. The fraction of sp³-hybridized carbons (Fsp3) is 0.364. The zero-order valence-electron chi connectivity index (χ0n) is 9.39. The van der Waals surface area contributed by atoms with Gasteiger partial charge in [0.2, 0.25) is 0 Å². The molecule has 7 heteroatoms. The maximum atomic E-state index is 12.0. The lowest BCUT2D eigenvalue weighted by atomic mass is 10.1. The lowest BCUT2D eigenvalue weighted by Crippen LogP contribution is -2.35. The smallest absolute Gasteiger partial charge is 0.270 e. The molecule has 1 saturated heterocycles. The first-order valence-corrected chi connectivity index (χ1v) is 7.64. The SMILES string of the molecule is O=C(NC1CCSC1)c1cc([N+](=O)[O-])ccc1I. The lowest BCUT2D eigenvalue weighted by molar-refractivity contribution is -0.384. The van der Waals surface area contributed by atoms with Crippen LogP contribution in [0.15, 0.2) is 18.2 Å². The van der Waals surface area contributed by atoms with Crippen LogP contribution in [0.3, 0.4) is 0 Å². The van der Waals surface area contributed by atoms with E-state index in [9.17, 15) is 14.9 Å². The third-order valence-corrected chi connectivity index (χ3v) is 4.77. The van der Waals surface area contributed by atoms with Crippen molar-refractivity contribution in [2.45, 2.75) is 12.5 Å². The minimum absolute atomic E-state index is 0.0543. The summed E-state index contributed by atoms with van der Waals surface area (Å²) in [6.07, 6.45) is 0.960. The minimum atomic E-state index is -0.488. The van der Waals surface area contributed by atoms with Crippen LogP contribution in [0, 0.1) is 13.7 Å². The molecule has 1 N–H and O–H groups in total. The summed E-state index contributed by atoms with van der Waals surface area (Å²) in [5, 5.41) is 13.6. The summed E-state index contributed by atoms with van der Waals surface area (Å²) in [5.74, 6) is 1.74. The van der Waals surface area contributed by atoms with Gasteiger partial charge >= 0.3 is 0 Å². The molecule has 96 valence electrons. The quantitative estimate of drug-likeness (QED) is 0.498. The largest absolute Gasteiger partial charge is 0.348 e. The van der Waals surface area contributed by atoms with E-state index in [0.29, 0.717) is 5.56 Å². The molecule has 0 saturated carbocycles. The van der Waals surface area contributed by atoms with Crippen molar-refractivity contribution >= 4 is 45.9 Å². The molecular weight excluding hydrogens is 367 g/mol. The number of hydrogen-bond donors (Lipinski definition) is 1. The van der Waals surface area contributed by atoms with Crippen LogP contribution in [-0.2, 0) is 0 Å². The second-order valence-corrected chi connectivity index (χ2v) is 6.27. The van der Waals surface area contributed by atoms with E-state index in [4.69, 9.17) is 0 Å². The summed E-state index contributed by atoms with van der Waals surface area (Å²) in [5.41, 5.74) is 0.322. The van der Waals surface area contributed by atoms with Crippen LogP contribution in [0.1, 0.15) is 16.8 Å². The maximum Gasteiger partial charge on any atom is 0.270 e. The molecule has 2 rings (SSSR count). The summed E-state index contributed by atoms with van der Waals surface area (Å²) in [7, 11) is 0. The monoisotopic (exact) mass is 378 g/mol. The standard InChI is InChI=1S/C11H11IN2O3S/c12-10-2-1-8(14(16)17)5-9(10)11(15)13-7-3-4-18-6-7/h1-2,5,7H,3-4,6H2,(H,13,15). The molecule has 0 bridgehead atoms. The Kier molecular flexibility index (Phi) is 4.44. The summed E-state index contributed by atoms with van der Waals surface area (Å²) >= 11 is 3.82. The number of hydrogen-bond acceptors (Lipinski definition) is 4. The first-order valence-electron chi connectivity index (χ1n) is 5.40. The van der Waals surface area contributed by atoms with Crippen LogP contribution >= 0.6 is 34.4 Å². The van der Waals surface area contributed by atoms with E-state index < -0.39 is 4.92 Å². The third kappa shape index (κ3) is 3.14. The van der Waals surface area contributed by atoms with Crippen LogP contribution in [0.5, 0.6) is 0 Å². The Morgan fingerprint density at radius 1 is 1.56 bits per heavy atom. The molecule has 0 spiro atoms. The third-order valence-electron chi connectivity index (χ3n) is 2.67. The van der Waals surface area contributed by atoms with Gasteiger partial charge in [-0.05, 0) is 40.8 Å². The number of halogens is 1. The molecule has 0 aromatic heterocycles. The van der Waals surface area contributed by atoms with Crippen molar-refractivity contribution in [3.05, 3.63) is 37.4 Å². The number of carbonyl (C=O) groups is 1. The molecular formula is C11H11IN2O3S. The van der Waals surface area contributed by atoms with E-state index in [-0.39, 0.29) is 17.6 Å². The number of nitro groups is 1. The summed E-state index contributed by atoms with van der Waals surface area (Å²) in [6.45, 7) is 0. The fourth-order valence-electron chi connectivity index (χ4n) is 1.71. The van der Waals surface area contributed by atoms with Gasteiger partial charge in [-0.1, -0.05) is 0 Å². The van der Waals surface area contributed by atoms with Crippen LogP contribution in [-0.4, -0.2) is 28.4 Å². The Hall–Kier alpha value is -0.830. The average Bonchev–Trinajstić information content (AvgIpc) is 2.81. The Bertz CT molecular complexity index is 489. The molecule has 0 radical (unpaired) electrons. The first-order chi connectivity index (χ1) is 8.58.